The third kappa shape index (κ3) is 4.54. The maximum atomic E-state index is 13.0. The van der Waals surface area contributed by atoms with E-state index in [9.17, 15) is 13.2 Å². The summed E-state index contributed by atoms with van der Waals surface area (Å²) in [5.41, 5.74) is 3.48. The number of amides is 1. The van der Waals surface area contributed by atoms with Crippen LogP contribution in [0.15, 0.2) is 41.3 Å². The molecule has 1 N–H and O–H groups in total. The number of carbonyl (C=O) groups excluding carboxylic acids is 1. The molecule has 3 rings (SSSR count). The first-order valence-corrected chi connectivity index (χ1v) is 10.8. The van der Waals surface area contributed by atoms with Gasteiger partial charge in [-0.2, -0.15) is 0 Å². The molecule has 0 radical (unpaired) electrons. The SMILES string of the molecule is Cc1cc(C)cc(NS(=O)(=O)c2cc(C(=O)N3CCN(C)CC3)ccc2C)c1. The molecule has 0 aromatic heterocycles. The molecule has 7 heteroatoms. The highest BCUT2D eigenvalue weighted by atomic mass is 32.2. The molecule has 1 aliphatic rings. The maximum absolute atomic E-state index is 13.0. The Morgan fingerprint density at radius 1 is 0.929 bits per heavy atom. The Morgan fingerprint density at radius 2 is 1.54 bits per heavy atom. The number of benzene rings is 2. The highest BCUT2D eigenvalue weighted by Gasteiger charge is 2.24. The zero-order valence-corrected chi connectivity index (χ0v) is 17.6. The molecule has 0 bridgehead atoms. The summed E-state index contributed by atoms with van der Waals surface area (Å²) < 4.78 is 28.6. The largest absolute Gasteiger partial charge is 0.336 e. The summed E-state index contributed by atoms with van der Waals surface area (Å²) in [6.07, 6.45) is 0. The molecule has 0 unspecified atom stereocenters. The van der Waals surface area contributed by atoms with E-state index in [0.29, 0.717) is 29.9 Å². The Bertz CT molecular complexity index is 974. The normalized spacial score (nSPS) is 15.5. The van der Waals surface area contributed by atoms with Crippen LogP contribution in [0, 0.1) is 20.8 Å². The fourth-order valence-electron chi connectivity index (χ4n) is 3.46. The van der Waals surface area contributed by atoms with Crippen molar-refractivity contribution in [3.63, 3.8) is 0 Å². The second kappa shape index (κ2) is 7.93. The summed E-state index contributed by atoms with van der Waals surface area (Å²) in [6, 6.07) is 10.4. The van der Waals surface area contributed by atoms with Gasteiger partial charge in [0, 0.05) is 37.4 Å². The molecule has 0 spiro atoms. The zero-order valence-electron chi connectivity index (χ0n) is 16.8. The molecule has 0 atom stereocenters. The second-order valence-corrected chi connectivity index (χ2v) is 9.21. The van der Waals surface area contributed by atoms with Crippen molar-refractivity contribution in [2.45, 2.75) is 25.7 Å². The Hall–Kier alpha value is -2.38. The van der Waals surface area contributed by atoms with E-state index in [4.69, 9.17) is 0 Å². The number of anilines is 1. The lowest BCUT2D eigenvalue weighted by atomic mass is 10.1. The Labute approximate surface area is 167 Å². The van der Waals surface area contributed by atoms with E-state index in [1.165, 1.54) is 6.07 Å². The van der Waals surface area contributed by atoms with E-state index < -0.39 is 10.0 Å². The third-order valence-corrected chi connectivity index (χ3v) is 6.51. The first kappa shape index (κ1) is 20.4. The number of nitrogens with zero attached hydrogens (tertiary/aromatic N) is 2. The minimum absolute atomic E-state index is 0.129. The van der Waals surface area contributed by atoms with Crippen LogP contribution in [0.3, 0.4) is 0 Å². The molecule has 1 amide bonds. The van der Waals surface area contributed by atoms with Crippen LogP contribution >= 0.6 is 0 Å². The number of hydrogen-bond acceptors (Lipinski definition) is 4. The van der Waals surface area contributed by atoms with E-state index in [1.54, 1.807) is 36.1 Å². The molecule has 2 aromatic carbocycles. The van der Waals surface area contributed by atoms with Crippen molar-refractivity contribution in [2.75, 3.05) is 37.9 Å². The van der Waals surface area contributed by atoms with Gasteiger partial charge in [0.2, 0.25) is 0 Å². The summed E-state index contributed by atoms with van der Waals surface area (Å²) in [6.45, 7) is 8.50. The minimum atomic E-state index is -3.80. The quantitative estimate of drug-likeness (QED) is 0.855. The van der Waals surface area contributed by atoms with Gasteiger partial charge in [-0.05, 0) is 68.8 Å². The fraction of sp³-hybridized carbons (Fsp3) is 0.381. The molecular formula is C21H27N3O3S. The molecule has 0 aliphatic carbocycles. The number of nitrogens with one attached hydrogen (secondary N) is 1. The summed E-state index contributed by atoms with van der Waals surface area (Å²) in [7, 11) is -1.78. The van der Waals surface area contributed by atoms with Crippen LogP contribution in [0.4, 0.5) is 5.69 Å². The molecule has 6 nitrogen and oxygen atoms in total. The molecule has 1 fully saturated rings. The molecule has 28 heavy (non-hydrogen) atoms. The Balaban J connectivity index is 1.88. The van der Waals surface area contributed by atoms with Crippen LogP contribution < -0.4 is 4.72 Å². The number of aryl methyl sites for hydroxylation is 3. The molecular weight excluding hydrogens is 374 g/mol. The molecule has 1 aliphatic heterocycles. The summed E-state index contributed by atoms with van der Waals surface area (Å²) in [5, 5.41) is 0. The molecule has 2 aromatic rings. The average molecular weight is 402 g/mol. The van der Waals surface area contributed by atoms with Crippen molar-refractivity contribution in [3.05, 3.63) is 58.7 Å². The van der Waals surface area contributed by atoms with E-state index in [1.807, 2.05) is 27.0 Å². The van der Waals surface area contributed by atoms with Crippen LogP contribution in [0.5, 0.6) is 0 Å². The van der Waals surface area contributed by atoms with Gasteiger partial charge in [0.1, 0.15) is 0 Å². The number of piperazine rings is 1. The lowest BCUT2D eigenvalue weighted by molar-refractivity contribution is 0.0664. The van der Waals surface area contributed by atoms with Gasteiger partial charge >= 0.3 is 0 Å². The number of hydrogen-bond donors (Lipinski definition) is 1. The highest BCUT2D eigenvalue weighted by Crippen LogP contribution is 2.23. The molecule has 0 saturated carbocycles. The monoisotopic (exact) mass is 401 g/mol. The van der Waals surface area contributed by atoms with Gasteiger partial charge in [-0.25, -0.2) is 8.42 Å². The lowest BCUT2D eigenvalue weighted by Crippen LogP contribution is -2.47. The highest BCUT2D eigenvalue weighted by molar-refractivity contribution is 7.92. The lowest BCUT2D eigenvalue weighted by Gasteiger charge is -2.32. The van der Waals surface area contributed by atoms with E-state index in [-0.39, 0.29) is 10.8 Å². The van der Waals surface area contributed by atoms with Crippen molar-refractivity contribution in [3.8, 4) is 0 Å². The summed E-state index contributed by atoms with van der Waals surface area (Å²) in [5.74, 6) is -0.129. The van der Waals surface area contributed by atoms with Crippen LogP contribution in [-0.4, -0.2) is 57.4 Å². The first-order valence-electron chi connectivity index (χ1n) is 9.35. The predicted octanol–water partition coefficient (Wildman–Crippen LogP) is 2.80. The van der Waals surface area contributed by atoms with Crippen molar-refractivity contribution in [1.82, 2.24) is 9.80 Å². The average Bonchev–Trinajstić information content (AvgIpc) is 2.60. The first-order chi connectivity index (χ1) is 13.2. The number of likely N-dealkylation sites (N-methyl/N-ethyl adjacent to an activating group) is 1. The topological polar surface area (TPSA) is 69.7 Å². The Morgan fingerprint density at radius 3 is 2.14 bits per heavy atom. The number of rotatable bonds is 4. The van der Waals surface area contributed by atoms with Gasteiger partial charge < -0.3 is 9.80 Å². The second-order valence-electron chi connectivity index (χ2n) is 7.56. The fourth-order valence-corrected chi connectivity index (χ4v) is 4.77. The van der Waals surface area contributed by atoms with Crippen LogP contribution in [0.2, 0.25) is 0 Å². The zero-order chi connectivity index (χ0) is 20.5. The molecule has 1 saturated heterocycles. The van der Waals surface area contributed by atoms with E-state index in [0.717, 1.165) is 24.2 Å². The number of carbonyl (C=O) groups is 1. The van der Waals surface area contributed by atoms with E-state index >= 15 is 0 Å². The van der Waals surface area contributed by atoms with Crippen molar-refractivity contribution in [2.24, 2.45) is 0 Å². The van der Waals surface area contributed by atoms with Gasteiger partial charge in [0.15, 0.2) is 0 Å². The van der Waals surface area contributed by atoms with Gasteiger partial charge in [-0.15, -0.1) is 0 Å². The van der Waals surface area contributed by atoms with Crippen molar-refractivity contribution in [1.29, 1.82) is 0 Å². The standard InChI is InChI=1S/C21H27N3O3S/c1-15-11-16(2)13-19(12-15)22-28(26,27)20-14-18(6-5-17(20)3)21(25)24-9-7-23(4)8-10-24/h5-6,11-14,22H,7-10H2,1-4H3. The third-order valence-electron chi connectivity index (χ3n) is 4.99. The van der Waals surface area contributed by atoms with Gasteiger partial charge in [0.05, 0.1) is 4.90 Å². The van der Waals surface area contributed by atoms with Crippen LogP contribution in [0.1, 0.15) is 27.0 Å². The maximum Gasteiger partial charge on any atom is 0.262 e. The summed E-state index contributed by atoms with van der Waals surface area (Å²) >= 11 is 0. The van der Waals surface area contributed by atoms with Crippen LogP contribution in [0.25, 0.3) is 0 Å². The van der Waals surface area contributed by atoms with Gasteiger partial charge in [-0.3, -0.25) is 9.52 Å². The van der Waals surface area contributed by atoms with Gasteiger partial charge in [-0.1, -0.05) is 12.1 Å². The van der Waals surface area contributed by atoms with E-state index in [2.05, 4.69) is 9.62 Å². The smallest absolute Gasteiger partial charge is 0.262 e. The molecule has 1 heterocycles. The van der Waals surface area contributed by atoms with Gasteiger partial charge in [0.25, 0.3) is 15.9 Å². The predicted molar refractivity (Wildman–Crippen MR) is 111 cm³/mol. The van der Waals surface area contributed by atoms with Crippen molar-refractivity contribution < 1.29 is 13.2 Å². The Kier molecular flexibility index (Phi) is 5.76. The summed E-state index contributed by atoms with van der Waals surface area (Å²) in [4.78, 5) is 16.9. The molecule has 150 valence electrons. The van der Waals surface area contributed by atoms with Crippen LogP contribution in [-0.2, 0) is 10.0 Å². The van der Waals surface area contributed by atoms with Crippen molar-refractivity contribution >= 4 is 21.6 Å². The number of sulfonamides is 1. The minimum Gasteiger partial charge on any atom is -0.336 e.